The molecule has 0 aromatic carbocycles. The van der Waals surface area contributed by atoms with E-state index in [2.05, 4.69) is 50.8 Å². The molecule has 0 aliphatic rings. The zero-order valence-electron chi connectivity index (χ0n) is 9.06. The number of halogens is 2. The molecule has 0 spiro atoms. The Morgan fingerprint density at radius 1 is 1.62 bits per heavy atom. The molecule has 0 saturated heterocycles. The fourth-order valence-electron chi connectivity index (χ4n) is 1.28. The Kier molecular flexibility index (Phi) is 4.91. The summed E-state index contributed by atoms with van der Waals surface area (Å²) in [5.74, 6) is 0.782. The van der Waals surface area contributed by atoms with Gasteiger partial charge in [0.05, 0.1) is 17.8 Å². The van der Waals surface area contributed by atoms with Gasteiger partial charge < -0.3 is 10.1 Å². The minimum absolute atomic E-state index is 0.128. The summed E-state index contributed by atoms with van der Waals surface area (Å²) >= 11 is 6.57. The fraction of sp³-hybridized carbons (Fsp3) is 0.667. The molecule has 0 aliphatic heterocycles. The zero-order chi connectivity index (χ0) is 12.3. The van der Waals surface area contributed by atoms with Gasteiger partial charge in [-0.25, -0.2) is 0 Å². The van der Waals surface area contributed by atoms with Crippen molar-refractivity contribution >= 4 is 37.7 Å². The summed E-state index contributed by atoms with van der Waals surface area (Å²) in [6, 6.07) is 0. The molecular weight excluding hydrogens is 342 g/mol. The lowest BCUT2D eigenvalue weighted by molar-refractivity contribution is -0.390. The van der Waals surface area contributed by atoms with E-state index in [-0.39, 0.29) is 5.82 Å². The van der Waals surface area contributed by atoms with Crippen LogP contribution in [-0.2, 0) is 6.54 Å². The Balaban J connectivity index is 2.82. The van der Waals surface area contributed by atoms with Crippen LogP contribution in [0, 0.1) is 22.0 Å². The molecule has 1 unspecified atom stereocenters. The first-order valence-corrected chi connectivity index (χ1v) is 6.80. The molecule has 1 atom stereocenters. The topological polar surface area (TPSA) is 61.0 Å². The molecule has 0 N–H and O–H groups in total. The molecule has 0 saturated carbocycles. The van der Waals surface area contributed by atoms with Crippen molar-refractivity contribution in [3.8, 4) is 0 Å². The molecule has 0 aliphatic carbocycles. The Bertz CT molecular complexity index is 379. The van der Waals surface area contributed by atoms with Crippen molar-refractivity contribution < 1.29 is 4.92 Å². The lowest BCUT2D eigenvalue weighted by Gasteiger charge is -2.15. The lowest BCUT2D eigenvalue weighted by Crippen LogP contribution is -2.18. The molecule has 16 heavy (non-hydrogen) atoms. The minimum Gasteiger partial charge on any atom is -0.358 e. The first-order chi connectivity index (χ1) is 7.45. The highest BCUT2D eigenvalue weighted by molar-refractivity contribution is 9.10. The predicted octanol–water partition coefficient (Wildman–Crippen LogP) is 3.22. The van der Waals surface area contributed by atoms with Crippen LogP contribution >= 0.6 is 31.9 Å². The smallest absolute Gasteiger partial charge is 0.358 e. The van der Waals surface area contributed by atoms with Crippen LogP contribution in [-0.4, -0.2) is 20.0 Å². The van der Waals surface area contributed by atoms with Gasteiger partial charge in [0.1, 0.15) is 4.47 Å². The maximum absolute atomic E-state index is 10.6. The van der Waals surface area contributed by atoms with E-state index in [4.69, 9.17) is 0 Å². The van der Waals surface area contributed by atoms with Crippen LogP contribution in [0.4, 0.5) is 5.82 Å². The highest BCUT2D eigenvalue weighted by Crippen LogP contribution is 2.24. The standard InChI is InChI=1S/C9H13Br2N3O2/c1-6(2)7(3-10)4-13-5-8(11)9(12-13)14(15)16/h5-7H,3-4H2,1-2H3. The van der Waals surface area contributed by atoms with Gasteiger partial charge in [-0.15, -0.1) is 0 Å². The predicted molar refractivity (Wildman–Crippen MR) is 68.7 cm³/mol. The van der Waals surface area contributed by atoms with Crippen molar-refractivity contribution in [2.24, 2.45) is 11.8 Å². The van der Waals surface area contributed by atoms with E-state index in [9.17, 15) is 10.1 Å². The van der Waals surface area contributed by atoms with E-state index >= 15 is 0 Å². The Hall–Kier alpha value is -0.430. The molecule has 0 amide bonds. The molecule has 0 radical (unpaired) electrons. The summed E-state index contributed by atoms with van der Waals surface area (Å²) in [4.78, 5) is 10.1. The highest BCUT2D eigenvalue weighted by Gasteiger charge is 2.21. The SMILES string of the molecule is CC(C)C(CBr)Cn1cc(Br)c([N+](=O)[O-])n1. The summed E-state index contributed by atoms with van der Waals surface area (Å²) in [7, 11) is 0. The van der Waals surface area contributed by atoms with Gasteiger partial charge in [-0.05, 0) is 32.7 Å². The van der Waals surface area contributed by atoms with Gasteiger partial charge in [-0.3, -0.25) is 0 Å². The van der Waals surface area contributed by atoms with E-state index in [1.165, 1.54) is 0 Å². The summed E-state index contributed by atoms with van der Waals surface area (Å²) < 4.78 is 2.04. The Labute approximate surface area is 111 Å². The third-order valence-electron chi connectivity index (χ3n) is 2.43. The number of alkyl halides is 1. The van der Waals surface area contributed by atoms with Crippen molar-refractivity contribution in [2.45, 2.75) is 20.4 Å². The molecule has 0 fully saturated rings. The van der Waals surface area contributed by atoms with E-state index in [1.807, 2.05) is 0 Å². The highest BCUT2D eigenvalue weighted by atomic mass is 79.9. The molecule has 1 rings (SSSR count). The van der Waals surface area contributed by atoms with Crippen LogP contribution in [0.25, 0.3) is 0 Å². The maximum Gasteiger partial charge on any atom is 0.404 e. The number of hydrogen-bond acceptors (Lipinski definition) is 3. The molecule has 1 aromatic rings. The van der Waals surface area contributed by atoms with Gasteiger partial charge >= 0.3 is 5.82 Å². The summed E-state index contributed by atoms with van der Waals surface area (Å²) in [5.41, 5.74) is 0. The van der Waals surface area contributed by atoms with Crippen molar-refractivity contribution in [1.29, 1.82) is 0 Å². The quantitative estimate of drug-likeness (QED) is 0.463. The maximum atomic E-state index is 10.6. The average molecular weight is 355 g/mol. The Morgan fingerprint density at radius 2 is 2.25 bits per heavy atom. The molecule has 5 nitrogen and oxygen atoms in total. The summed E-state index contributed by atoms with van der Waals surface area (Å²) in [6.45, 7) is 4.92. The second kappa shape index (κ2) is 5.77. The van der Waals surface area contributed by atoms with E-state index in [0.717, 1.165) is 5.33 Å². The van der Waals surface area contributed by atoms with Gasteiger partial charge in [-0.2, -0.15) is 4.68 Å². The monoisotopic (exact) mass is 353 g/mol. The molecular formula is C9H13Br2N3O2. The molecule has 7 heteroatoms. The van der Waals surface area contributed by atoms with E-state index in [0.29, 0.717) is 22.9 Å². The van der Waals surface area contributed by atoms with Crippen LogP contribution in [0.5, 0.6) is 0 Å². The summed E-state index contributed by atoms with van der Waals surface area (Å²) in [5, 5.41) is 15.4. The third kappa shape index (κ3) is 3.28. The van der Waals surface area contributed by atoms with Crippen molar-refractivity contribution in [2.75, 3.05) is 5.33 Å². The fourth-order valence-corrected chi connectivity index (χ4v) is 2.70. The first kappa shape index (κ1) is 13.6. The normalized spacial score (nSPS) is 13.1. The zero-order valence-corrected chi connectivity index (χ0v) is 12.2. The summed E-state index contributed by atoms with van der Waals surface area (Å²) in [6.07, 6.45) is 1.65. The second-order valence-electron chi connectivity index (χ2n) is 3.94. The van der Waals surface area contributed by atoms with E-state index < -0.39 is 4.92 Å². The van der Waals surface area contributed by atoms with Crippen LogP contribution in [0.3, 0.4) is 0 Å². The second-order valence-corrected chi connectivity index (χ2v) is 5.44. The largest absolute Gasteiger partial charge is 0.404 e. The van der Waals surface area contributed by atoms with Crippen LogP contribution in [0.15, 0.2) is 10.7 Å². The number of nitro groups is 1. The van der Waals surface area contributed by atoms with Gasteiger partial charge in [0.25, 0.3) is 0 Å². The van der Waals surface area contributed by atoms with Gasteiger partial charge in [0, 0.05) is 5.33 Å². The van der Waals surface area contributed by atoms with Gasteiger partial charge in [0.15, 0.2) is 0 Å². The van der Waals surface area contributed by atoms with Crippen molar-refractivity contribution in [3.63, 3.8) is 0 Å². The van der Waals surface area contributed by atoms with Gasteiger partial charge in [-0.1, -0.05) is 29.8 Å². The number of rotatable bonds is 5. The number of hydrogen-bond donors (Lipinski definition) is 0. The molecule has 1 aromatic heterocycles. The van der Waals surface area contributed by atoms with Crippen molar-refractivity contribution in [3.05, 3.63) is 20.8 Å². The molecule has 0 bridgehead atoms. The number of aromatic nitrogens is 2. The van der Waals surface area contributed by atoms with Crippen LogP contribution in [0.2, 0.25) is 0 Å². The first-order valence-electron chi connectivity index (χ1n) is 4.89. The number of nitrogens with zero attached hydrogens (tertiary/aromatic N) is 3. The minimum atomic E-state index is -0.487. The third-order valence-corrected chi connectivity index (χ3v) is 3.83. The van der Waals surface area contributed by atoms with Crippen LogP contribution in [0.1, 0.15) is 13.8 Å². The van der Waals surface area contributed by atoms with Gasteiger partial charge in [0.2, 0.25) is 0 Å². The van der Waals surface area contributed by atoms with E-state index in [1.54, 1.807) is 10.9 Å². The van der Waals surface area contributed by atoms with Crippen molar-refractivity contribution in [1.82, 2.24) is 9.78 Å². The molecule has 90 valence electrons. The average Bonchev–Trinajstić information content (AvgIpc) is 2.55. The lowest BCUT2D eigenvalue weighted by atomic mass is 9.98. The molecule has 1 heterocycles. The van der Waals surface area contributed by atoms with Crippen LogP contribution < -0.4 is 0 Å². The Morgan fingerprint density at radius 3 is 2.62 bits per heavy atom.